The lowest BCUT2D eigenvalue weighted by Gasteiger charge is -2.42. The molecule has 11 atom stereocenters. The normalized spacial score (nSPS) is 36.0. The van der Waals surface area contributed by atoms with Crippen molar-refractivity contribution in [2.75, 3.05) is 13.7 Å². The van der Waals surface area contributed by atoms with Crippen LogP contribution in [0.2, 0.25) is 0 Å². The summed E-state index contributed by atoms with van der Waals surface area (Å²) >= 11 is 0. The molecule has 14 nitrogen and oxygen atoms in total. The van der Waals surface area contributed by atoms with Crippen LogP contribution in [-0.2, 0) is 14.2 Å². The zero-order valence-corrected chi connectivity index (χ0v) is 23.6. The summed E-state index contributed by atoms with van der Waals surface area (Å²) < 4.78 is 33.6. The second-order valence-corrected chi connectivity index (χ2v) is 10.9. The van der Waals surface area contributed by atoms with Crippen molar-refractivity contribution in [3.63, 3.8) is 0 Å². The number of aryl methyl sites for hydroxylation is 1. The van der Waals surface area contributed by atoms with Crippen molar-refractivity contribution in [1.82, 2.24) is 0 Å². The number of benzene rings is 2. The number of carbonyl (C=O) groups is 1. The molecule has 0 aliphatic carbocycles. The van der Waals surface area contributed by atoms with Crippen molar-refractivity contribution in [1.29, 1.82) is 0 Å². The fourth-order valence-electron chi connectivity index (χ4n) is 5.43. The van der Waals surface area contributed by atoms with E-state index in [-0.39, 0.29) is 35.2 Å². The number of aromatic hydroxyl groups is 1. The quantitative estimate of drug-likeness (QED) is 0.210. The van der Waals surface area contributed by atoms with Gasteiger partial charge in [0, 0.05) is 6.07 Å². The summed E-state index contributed by atoms with van der Waals surface area (Å²) in [4.78, 5) is 13.1. The fraction of sp³-hybridized carbons (Fsp3) is 0.552. The van der Waals surface area contributed by atoms with Crippen molar-refractivity contribution in [2.24, 2.45) is 0 Å². The van der Waals surface area contributed by atoms with Crippen LogP contribution in [0.15, 0.2) is 30.3 Å². The van der Waals surface area contributed by atoms with Crippen molar-refractivity contribution >= 4 is 5.78 Å². The van der Waals surface area contributed by atoms with E-state index in [1.54, 1.807) is 25.1 Å². The van der Waals surface area contributed by atoms with Gasteiger partial charge in [-0.15, -0.1) is 0 Å². The molecule has 0 bridgehead atoms. The molecule has 0 spiro atoms. The molecule has 43 heavy (non-hydrogen) atoms. The Kier molecular flexibility index (Phi) is 9.13. The third-order valence-corrected chi connectivity index (χ3v) is 7.92. The molecule has 7 N–H and O–H groups in total. The first-order valence-corrected chi connectivity index (χ1v) is 13.8. The van der Waals surface area contributed by atoms with Crippen molar-refractivity contribution in [3.05, 3.63) is 47.0 Å². The number of hydrogen-bond acceptors (Lipinski definition) is 14. The van der Waals surface area contributed by atoms with E-state index in [1.807, 2.05) is 0 Å². The Labute approximate surface area is 246 Å². The van der Waals surface area contributed by atoms with E-state index in [2.05, 4.69) is 0 Å². The lowest BCUT2D eigenvalue weighted by molar-refractivity contribution is -0.318. The zero-order chi connectivity index (χ0) is 31.2. The number of ether oxygens (including phenoxy) is 6. The molecule has 0 amide bonds. The van der Waals surface area contributed by atoms with Gasteiger partial charge in [-0.1, -0.05) is 6.07 Å². The van der Waals surface area contributed by atoms with E-state index in [1.165, 1.54) is 26.2 Å². The highest BCUT2D eigenvalue weighted by atomic mass is 16.7. The van der Waals surface area contributed by atoms with E-state index < -0.39 is 74.1 Å². The Morgan fingerprint density at radius 3 is 2.28 bits per heavy atom. The number of hydrogen-bond donors (Lipinski definition) is 7. The van der Waals surface area contributed by atoms with Crippen LogP contribution in [0.1, 0.15) is 40.9 Å². The average Bonchev–Trinajstić information content (AvgIpc) is 2.97. The summed E-state index contributed by atoms with van der Waals surface area (Å²) in [6.07, 6.45) is -15.1. The summed E-state index contributed by atoms with van der Waals surface area (Å²) in [7, 11) is 1.42. The number of aliphatic hydroxyl groups excluding tert-OH is 6. The maximum Gasteiger partial charge on any atom is 0.229 e. The van der Waals surface area contributed by atoms with Crippen LogP contribution in [-0.4, -0.2) is 117 Å². The Balaban J connectivity index is 1.30. The van der Waals surface area contributed by atoms with Crippen LogP contribution in [0.5, 0.6) is 23.0 Å². The molecule has 2 aromatic rings. The Morgan fingerprint density at radius 2 is 1.58 bits per heavy atom. The van der Waals surface area contributed by atoms with Gasteiger partial charge in [0.05, 0.1) is 31.8 Å². The summed E-state index contributed by atoms with van der Waals surface area (Å²) in [5, 5.41) is 71.9. The summed E-state index contributed by atoms with van der Waals surface area (Å²) in [5.41, 5.74) is 1.43. The van der Waals surface area contributed by atoms with Gasteiger partial charge in [-0.2, -0.15) is 0 Å². The van der Waals surface area contributed by atoms with Gasteiger partial charge in [0.2, 0.25) is 6.29 Å². The number of fused-ring (bicyclic) bond motifs is 1. The highest BCUT2D eigenvalue weighted by Gasteiger charge is 2.47. The Hall–Kier alpha value is -3.05. The van der Waals surface area contributed by atoms with Gasteiger partial charge < -0.3 is 64.2 Å². The summed E-state index contributed by atoms with van der Waals surface area (Å²) in [6, 6.07) is 7.68. The van der Waals surface area contributed by atoms with Crippen molar-refractivity contribution < 1.29 is 69.0 Å². The van der Waals surface area contributed by atoms with Crippen LogP contribution in [0.3, 0.4) is 0 Å². The minimum absolute atomic E-state index is 0.0319. The lowest BCUT2D eigenvalue weighted by Crippen LogP contribution is -2.61. The van der Waals surface area contributed by atoms with E-state index >= 15 is 0 Å². The van der Waals surface area contributed by atoms with E-state index in [9.17, 15) is 40.5 Å². The van der Waals surface area contributed by atoms with Crippen LogP contribution < -0.4 is 14.2 Å². The minimum atomic E-state index is -1.71. The zero-order valence-electron chi connectivity index (χ0n) is 23.6. The van der Waals surface area contributed by atoms with Gasteiger partial charge in [0.15, 0.2) is 23.6 Å². The van der Waals surface area contributed by atoms with Gasteiger partial charge in [0.1, 0.15) is 60.3 Å². The van der Waals surface area contributed by atoms with Gasteiger partial charge >= 0.3 is 0 Å². The maximum atomic E-state index is 13.1. The molecule has 0 radical (unpaired) electrons. The minimum Gasteiger partial charge on any atom is -0.504 e. The van der Waals surface area contributed by atoms with Crippen molar-refractivity contribution in [2.45, 2.75) is 87.8 Å². The van der Waals surface area contributed by atoms with Gasteiger partial charge in [-0.3, -0.25) is 4.79 Å². The first-order chi connectivity index (χ1) is 20.4. The second-order valence-electron chi connectivity index (χ2n) is 10.9. The van der Waals surface area contributed by atoms with Crippen molar-refractivity contribution in [3.8, 4) is 23.0 Å². The monoisotopic (exact) mass is 608 g/mol. The Bertz CT molecular complexity index is 1320. The highest BCUT2D eigenvalue weighted by Crippen LogP contribution is 2.41. The molecule has 2 fully saturated rings. The molecular weight excluding hydrogens is 572 g/mol. The number of phenolic OH excluding ortho intramolecular Hbond substituents is 1. The van der Waals surface area contributed by atoms with Gasteiger partial charge in [-0.25, -0.2) is 0 Å². The number of rotatable bonds is 7. The molecule has 0 aromatic heterocycles. The van der Waals surface area contributed by atoms with Crippen LogP contribution in [0, 0.1) is 6.92 Å². The second kappa shape index (κ2) is 12.5. The third-order valence-electron chi connectivity index (χ3n) is 7.92. The first kappa shape index (κ1) is 31.4. The molecule has 5 unspecified atom stereocenters. The third kappa shape index (κ3) is 6.16. The molecular formula is C29H36O14. The number of phenols is 1. The number of methoxy groups -OCH3 is 1. The van der Waals surface area contributed by atoms with E-state index in [0.29, 0.717) is 16.7 Å². The largest absolute Gasteiger partial charge is 0.504 e. The molecule has 2 aromatic carbocycles. The molecule has 3 aliphatic heterocycles. The predicted molar refractivity (Wildman–Crippen MR) is 144 cm³/mol. The van der Waals surface area contributed by atoms with Crippen LogP contribution in [0.25, 0.3) is 0 Å². The lowest BCUT2D eigenvalue weighted by atomic mass is 9.93. The average molecular weight is 609 g/mol. The molecule has 2 saturated heterocycles. The maximum absolute atomic E-state index is 13.1. The summed E-state index contributed by atoms with van der Waals surface area (Å²) in [5.74, 6) is 0.315. The van der Waals surface area contributed by atoms with Crippen LogP contribution in [0.4, 0.5) is 0 Å². The molecule has 236 valence electrons. The number of ketones is 1. The topological polar surface area (TPSA) is 214 Å². The van der Waals surface area contributed by atoms with Crippen LogP contribution >= 0.6 is 0 Å². The molecule has 0 saturated carbocycles. The summed E-state index contributed by atoms with van der Waals surface area (Å²) in [6.45, 7) is 2.72. The smallest absolute Gasteiger partial charge is 0.229 e. The van der Waals surface area contributed by atoms with Gasteiger partial charge in [-0.05, 0) is 43.2 Å². The standard InChI is InChI=1S/C29H36O14/c1-11-6-14(8-19-21(11)16(31)9-18(42-19)13-4-5-17(38-3)15(30)7-13)41-29-27(37)25(35)23(33)20(43-29)10-39-28-26(36)24(34)22(32)12(2)40-28/h4-8,12,18,20,22-30,32-37H,9-10H2,1-3H3/t12?,18?,20?,22-,23-,24-,25-,26?,27?,28+,29+/m0/s1. The van der Waals surface area contributed by atoms with Gasteiger partial charge in [0.25, 0.3) is 0 Å². The van der Waals surface area contributed by atoms with E-state index in [0.717, 1.165) is 0 Å². The molecule has 14 heteroatoms. The van der Waals surface area contributed by atoms with E-state index in [4.69, 9.17) is 28.4 Å². The number of Topliss-reactive ketones (excluding diaryl/α,β-unsaturated/α-hetero) is 1. The fourth-order valence-corrected chi connectivity index (χ4v) is 5.43. The number of carbonyl (C=O) groups excluding carboxylic acids is 1. The molecule has 3 heterocycles. The SMILES string of the molecule is COc1ccc(C2CC(=O)c3c(C)cc(O[C@@H]4OC(CO[C@@H]5OC(C)[C@H](O)[C@H](O)C5O)[C@H](O)[C@H](O)C4O)cc3O2)cc1O. The predicted octanol–water partition coefficient (Wildman–Crippen LogP) is -0.554. The molecule has 5 rings (SSSR count). The number of aliphatic hydroxyl groups is 6. The highest BCUT2D eigenvalue weighted by molar-refractivity contribution is 6.01. The Morgan fingerprint density at radius 1 is 0.884 bits per heavy atom. The molecule has 3 aliphatic rings. The first-order valence-electron chi connectivity index (χ1n) is 13.8.